The molecule has 0 aromatic rings. The highest BCUT2D eigenvalue weighted by Gasteiger charge is 2.23. The number of carbonyl (C=O) groups is 2. The van der Waals surface area contributed by atoms with E-state index in [-0.39, 0.29) is 23.3 Å². The number of carbonyl (C=O) groups excluding carboxylic acids is 2. The topological polar surface area (TPSA) is 101 Å². The van der Waals surface area contributed by atoms with Crippen LogP contribution >= 0.6 is 0 Å². The first-order valence-electron chi connectivity index (χ1n) is 11.3. The Morgan fingerprint density at radius 2 is 1.17 bits per heavy atom. The average Bonchev–Trinajstić information content (AvgIpc) is 2.64. The molecule has 0 bridgehead atoms. The van der Waals surface area contributed by atoms with E-state index in [0.717, 1.165) is 25.7 Å². The van der Waals surface area contributed by atoms with Crippen LogP contribution in [-0.4, -0.2) is 62.7 Å². The summed E-state index contributed by atoms with van der Waals surface area (Å²) in [6.07, 6.45) is 3.54. The number of alkyl carbamates (subject to hydrolysis) is 2. The Kier molecular flexibility index (Phi) is 11.5. The zero-order valence-electron chi connectivity index (χ0n) is 19.9. The lowest BCUT2D eigenvalue weighted by Crippen LogP contribution is -2.40. The van der Waals surface area contributed by atoms with Crippen LogP contribution in [0, 0.1) is 11.8 Å². The summed E-state index contributed by atoms with van der Waals surface area (Å²) in [5.74, 6) is 0.829. The van der Waals surface area contributed by atoms with Crippen LogP contribution in [0.15, 0.2) is 0 Å². The number of nitrogens with one attached hydrogen (secondary N) is 4. The Hall–Kier alpha value is -1.54. The second-order valence-corrected chi connectivity index (χ2v) is 10.3. The number of amides is 2. The Labute approximate surface area is 182 Å². The van der Waals surface area contributed by atoms with E-state index in [0.29, 0.717) is 51.2 Å². The first-order valence-corrected chi connectivity index (χ1v) is 11.3. The van der Waals surface area contributed by atoms with Gasteiger partial charge in [0.1, 0.15) is 13.2 Å². The standard InChI is InChI=1S/C22H44N4O4/c1-21(2,3)25-10-12-29-19(27)23-15-17-8-7-9-18(14-17)16-24-20(28)30-13-11-26-22(4,5)6/h17-18,25-26H,7-16H2,1-6H3,(H,23,27)(H,24,28). The summed E-state index contributed by atoms with van der Waals surface area (Å²) in [7, 11) is 0. The molecular formula is C22H44N4O4. The highest BCUT2D eigenvalue weighted by Crippen LogP contribution is 2.28. The summed E-state index contributed by atoms with van der Waals surface area (Å²) in [5.41, 5.74) is 0.0292. The molecule has 2 unspecified atom stereocenters. The van der Waals surface area contributed by atoms with E-state index in [9.17, 15) is 9.59 Å². The number of ether oxygens (including phenoxy) is 2. The average molecular weight is 429 g/mol. The van der Waals surface area contributed by atoms with Gasteiger partial charge in [0.25, 0.3) is 0 Å². The molecule has 2 atom stereocenters. The van der Waals surface area contributed by atoms with Crippen LogP contribution < -0.4 is 21.3 Å². The number of hydrogen-bond donors (Lipinski definition) is 4. The molecule has 0 saturated heterocycles. The number of rotatable bonds is 10. The summed E-state index contributed by atoms with van der Waals surface area (Å²) in [6, 6.07) is 0. The normalized spacial score (nSPS) is 19.8. The SMILES string of the molecule is CC(C)(C)NCCOC(=O)NCC1CCCC(CNC(=O)OCCNC(C)(C)C)C1. The highest BCUT2D eigenvalue weighted by atomic mass is 16.6. The number of hydrogen-bond acceptors (Lipinski definition) is 6. The molecule has 0 spiro atoms. The quantitative estimate of drug-likeness (QED) is 0.399. The molecule has 1 fully saturated rings. The van der Waals surface area contributed by atoms with E-state index in [2.05, 4.69) is 62.8 Å². The molecule has 0 aromatic carbocycles. The van der Waals surface area contributed by atoms with Crippen molar-refractivity contribution >= 4 is 12.2 Å². The van der Waals surface area contributed by atoms with Gasteiger partial charge in [-0.05, 0) is 72.6 Å². The molecule has 1 saturated carbocycles. The van der Waals surface area contributed by atoms with Gasteiger partial charge in [0.05, 0.1) is 0 Å². The highest BCUT2D eigenvalue weighted by molar-refractivity contribution is 5.67. The van der Waals surface area contributed by atoms with Gasteiger partial charge in [0.15, 0.2) is 0 Å². The van der Waals surface area contributed by atoms with Gasteiger partial charge in [-0.15, -0.1) is 0 Å². The molecule has 2 amide bonds. The van der Waals surface area contributed by atoms with Crippen LogP contribution in [0.25, 0.3) is 0 Å². The van der Waals surface area contributed by atoms with Gasteiger partial charge < -0.3 is 30.7 Å². The lowest BCUT2D eigenvalue weighted by molar-refractivity contribution is 0.137. The fraction of sp³-hybridized carbons (Fsp3) is 0.909. The molecule has 30 heavy (non-hydrogen) atoms. The Bertz CT molecular complexity index is 470. The van der Waals surface area contributed by atoms with E-state index in [1.54, 1.807) is 0 Å². The molecule has 8 heteroatoms. The van der Waals surface area contributed by atoms with Crippen LogP contribution in [0.1, 0.15) is 67.2 Å². The molecule has 4 N–H and O–H groups in total. The van der Waals surface area contributed by atoms with Crippen molar-refractivity contribution in [3.8, 4) is 0 Å². The minimum absolute atomic E-state index is 0.0146. The van der Waals surface area contributed by atoms with Gasteiger partial charge in [-0.25, -0.2) is 9.59 Å². The van der Waals surface area contributed by atoms with Crippen molar-refractivity contribution < 1.29 is 19.1 Å². The third kappa shape index (κ3) is 14.4. The van der Waals surface area contributed by atoms with Crippen molar-refractivity contribution in [2.45, 2.75) is 78.3 Å². The molecule has 1 aliphatic rings. The van der Waals surface area contributed by atoms with Crippen molar-refractivity contribution in [1.82, 2.24) is 21.3 Å². The third-order valence-electron chi connectivity index (χ3n) is 4.94. The van der Waals surface area contributed by atoms with Crippen molar-refractivity contribution in [3.05, 3.63) is 0 Å². The van der Waals surface area contributed by atoms with E-state index in [1.807, 2.05) is 0 Å². The minimum Gasteiger partial charge on any atom is -0.448 e. The fourth-order valence-corrected chi connectivity index (χ4v) is 3.47. The molecule has 0 radical (unpaired) electrons. The molecular weight excluding hydrogens is 384 g/mol. The predicted molar refractivity (Wildman–Crippen MR) is 120 cm³/mol. The molecule has 0 aromatic heterocycles. The summed E-state index contributed by atoms with van der Waals surface area (Å²) in [5, 5.41) is 12.3. The van der Waals surface area contributed by atoms with Gasteiger partial charge in [-0.1, -0.05) is 6.42 Å². The van der Waals surface area contributed by atoms with Gasteiger partial charge in [-0.3, -0.25) is 0 Å². The second-order valence-electron chi connectivity index (χ2n) is 10.3. The van der Waals surface area contributed by atoms with Gasteiger partial charge >= 0.3 is 12.2 Å². The predicted octanol–water partition coefficient (Wildman–Crippen LogP) is 3.02. The zero-order chi connectivity index (χ0) is 22.6. The first kappa shape index (κ1) is 26.5. The summed E-state index contributed by atoms with van der Waals surface area (Å²) >= 11 is 0. The lowest BCUT2D eigenvalue weighted by Gasteiger charge is -2.29. The zero-order valence-corrected chi connectivity index (χ0v) is 19.9. The van der Waals surface area contributed by atoms with Crippen LogP contribution in [0.4, 0.5) is 9.59 Å². The summed E-state index contributed by atoms with van der Waals surface area (Å²) in [6.45, 7) is 15.7. The Balaban J connectivity index is 2.13. The van der Waals surface area contributed by atoms with E-state index >= 15 is 0 Å². The monoisotopic (exact) mass is 428 g/mol. The minimum atomic E-state index is -0.363. The van der Waals surface area contributed by atoms with Gasteiger partial charge in [0, 0.05) is 37.3 Å². The van der Waals surface area contributed by atoms with Gasteiger partial charge in [0.2, 0.25) is 0 Å². The molecule has 1 rings (SSSR count). The largest absolute Gasteiger partial charge is 0.448 e. The fourth-order valence-electron chi connectivity index (χ4n) is 3.47. The van der Waals surface area contributed by atoms with Crippen molar-refractivity contribution in [2.24, 2.45) is 11.8 Å². The Morgan fingerprint density at radius 3 is 1.53 bits per heavy atom. The van der Waals surface area contributed by atoms with Crippen molar-refractivity contribution in [2.75, 3.05) is 39.4 Å². The van der Waals surface area contributed by atoms with Crippen molar-refractivity contribution in [3.63, 3.8) is 0 Å². The maximum atomic E-state index is 11.9. The third-order valence-corrected chi connectivity index (χ3v) is 4.94. The molecule has 1 aliphatic carbocycles. The smallest absolute Gasteiger partial charge is 0.407 e. The van der Waals surface area contributed by atoms with E-state index in [1.165, 1.54) is 0 Å². The van der Waals surface area contributed by atoms with Crippen LogP contribution in [0.5, 0.6) is 0 Å². The van der Waals surface area contributed by atoms with Crippen LogP contribution in [-0.2, 0) is 9.47 Å². The van der Waals surface area contributed by atoms with E-state index in [4.69, 9.17) is 9.47 Å². The second kappa shape index (κ2) is 13.0. The molecule has 176 valence electrons. The molecule has 8 nitrogen and oxygen atoms in total. The maximum Gasteiger partial charge on any atom is 0.407 e. The first-order chi connectivity index (χ1) is 13.9. The molecule has 0 heterocycles. The van der Waals surface area contributed by atoms with E-state index < -0.39 is 0 Å². The summed E-state index contributed by atoms with van der Waals surface area (Å²) < 4.78 is 10.4. The van der Waals surface area contributed by atoms with Gasteiger partial charge in [-0.2, -0.15) is 0 Å². The van der Waals surface area contributed by atoms with Crippen molar-refractivity contribution in [1.29, 1.82) is 0 Å². The molecule has 0 aliphatic heterocycles. The van der Waals surface area contributed by atoms with Crippen LogP contribution in [0.2, 0.25) is 0 Å². The lowest BCUT2D eigenvalue weighted by atomic mass is 9.81. The maximum absolute atomic E-state index is 11.9. The van der Waals surface area contributed by atoms with Crippen LogP contribution in [0.3, 0.4) is 0 Å². The summed E-state index contributed by atoms with van der Waals surface area (Å²) in [4.78, 5) is 23.7. The Morgan fingerprint density at radius 1 is 0.767 bits per heavy atom.